The predicted octanol–water partition coefficient (Wildman–Crippen LogP) is 17.2. The van der Waals surface area contributed by atoms with Gasteiger partial charge >= 0.3 is 0 Å². The first kappa shape index (κ1) is 22.0. The van der Waals surface area contributed by atoms with E-state index in [0.717, 1.165) is 76.5 Å². The fourth-order valence-electron chi connectivity index (χ4n) is 9.71. The number of benzene rings is 9. The number of aromatic nitrogens is 2. The Balaban J connectivity index is 1.10. The molecule has 0 saturated carbocycles. The Morgan fingerprint density at radius 1 is 0.328 bits per heavy atom. The van der Waals surface area contributed by atoms with Gasteiger partial charge in [-0.15, -0.1) is 0 Å². The van der Waals surface area contributed by atoms with Crippen molar-refractivity contribution in [2.45, 2.75) is 39.5 Å². The Morgan fingerprint density at radius 3 is 0.922 bits per heavy atom. The molecule has 0 aliphatic rings. The summed E-state index contributed by atoms with van der Waals surface area (Å²) in [4.78, 5) is 2.33. The summed E-state index contributed by atoms with van der Waals surface area (Å²) in [6, 6.07) is 10.2. The molecule has 0 saturated heterocycles. The lowest BCUT2D eigenvalue weighted by Crippen LogP contribution is -2.09. The van der Waals surface area contributed by atoms with Crippen LogP contribution in [-0.4, -0.2) is 8.80 Å². The fourth-order valence-corrected chi connectivity index (χ4v) is 9.71. The largest absolute Gasteiger partial charge is 0.310 e. The highest BCUT2D eigenvalue weighted by Crippen LogP contribution is 2.48. The summed E-state index contributed by atoms with van der Waals surface area (Å²) >= 11 is 0. The van der Waals surface area contributed by atoms with E-state index in [-0.39, 0.29) is 23.2 Å². The van der Waals surface area contributed by atoms with Crippen LogP contribution in [0, 0.1) is 0 Å². The molecule has 0 bridgehead atoms. The van der Waals surface area contributed by atoms with Crippen molar-refractivity contribution in [3.05, 3.63) is 205 Å². The Morgan fingerprint density at radius 2 is 0.625 bits per heavy atom. The van der Waals surface area contributed by atoms with Gasteiger partial charge < -0.3 is 18.6 Å². The SMILES string of the molecule is [2H]c1c([2H])c([2H])c(N(c2ccc3c(c2)c2cc(C(C)C)cc4c5cc6c(cc5n3c24)c2cc(C(C)C)cc3c4cc(N(c5c([2H])c([2H])c([2H])c([2H])c5[2H])c5c([2H])c([2H])c([2H])c([2H])c5[2H])ccc4n6c32)c2c([2H])c([2H])c([2H])c([2H])c2[2H])c([2H])c1[2H]. The number of hydrogen-bond donors (Lipinski definition) is 0. The Bertz CT molecular complexity index is 4550. The minimum absolute atomic E-state index is 0.0185. The molecule has 9 aromatic carbocycles. The number of hydrogen-bond acceptors (Lipinski definition) is 2. The maximum atomic E-state index is 9.09. The topological polar surface area (TPSA) is 15.3 Å². The third-order valence-electron chi connectivity index (χ3n) is 12.6. The number of nitrogens with zero attached hydrogens (tertiary/aromatic N) is 4. The van der Waals surface area contributed by atoms with Gasteiger partial charge in [0, 0.05) is 77.2 Å². The highest BCUT2D eigenvalue weighted by atomic mass is 15.1. The van der Waals surface area contributed by atoms with Crippen LogP contribution in [0.25, 0.3) is 76.2 Å². The van der Waals surface area contributed by atoms with Crippen LogP contribution in [0.3, 0.4) is 0 Å². The van der Waals surface area contributed by atoms with Gasteiger partial charge in [-0.05, 0) is 144 Å². The van der Waals surface area contributed by atoms with Crippen LogP contribution in [0.1, 0.15) is 78.1 Å². The maximum absolute atomic E-state index is 9.09. The van der Waals surface area contributed by atoms with E-state index in [2.05, 4.69) is 72.9 Å². The first-order chi connectivity index (χ1) is 39.7. The van der Waals surface area contributed by atoms with Crippen molar-refractivity contribution in [3.8, 4) is 0 Å². The van der Waals surface area contributed by atoms with Crippen molar-refractivity contribution in [1.29, 1.82) is 0 Å². The van der Waals surface area contributed by atoms with E-state index in [1.165, 1.54) is 9.80 Å². The summed E-state index contributed by atoms with van der Waals surface area (Å²) in [5.74, 6) is 0.0371. The summed E-state index contributed by atoms with van der Waals surface area (Å²) in [7, 11) is 0. The molecule has 0 aliphatic carbocycles. The smallest absolute Gasteiger partial charge is 0.0645 e. The molecule has 306 valence electrons. The van der Waals surface area contributed by atoms with Crippen LogP contribution in [0.2, 0.25) is 0 Å². The molecule has 0 amide bonds. The minimum atomic E-state index is -0.669. The van der Waals surface area contributed by atoms with E-state index in [9.17, 15) is 0 Å². The van der Waals surface area contributed by atoms with Crippen LogP contribution in [0.15, 0.2) is 194 Å². The molecule has 0 aliphatic heterocycles. The number of rotatable bonds is 8. The first-order valence-corrected chi connectivity index (χ1v) is 21.0. The second-order valence-electron chi connectivity index (χ2n) is 16.8. The third kappa shape index (κ3) is 5.29. The van der Waals surface area contributed by atoms with Crippen LogP contribution in [0.5, 0.6) is 0 Å². The number of anilines is 6. The molecule has 0 atom stereocenters. The van der Waals surface area contributed by atoms with Crippen LogP contribution < -0.4 is 9.80 Å². The molecule has 13 rings (SSSR count). The summed E-state index contributed by atoms with van der Waals surface area (Å²) in [6.07, 6.45) is 0. The predicted molar refractivity (Wildman–Crippen MR) is 273 cm³/mol. The van der Waals surface area contributed by atoms with E-state index in [0.29, 0.717) is 10.8 Å². The molecule has 64 heavy (non-hydrogen) atoms. The van der Waals surface area contributed by atoms with Gasteiger partial charge in [-0.1, -0.05) is 100 Å². The molecular formula is C60H46N4. The molecule has 0 N–H and O–H groups in total. The minimum Gasteiger partial charge on any atom is -0.310 e. The average Bonchev–Trinajstić information content (AvgIpc) is 1.86. The highest BCUT2D eigenvalue weighted by Gasteiger charge is 2.26. The zero-order chi connectivity index (χ0) is 60.2. The summed E-state index contributed by atoms with van der Waals surface area (Å²) in [5.41, 5.74) is 5.58. The van der Waals surface area contributed by atoms with Gasteiger partial charge in [0.05, 0.1) is 60.5 Å². The Kier molecular flexibility index (Phi) is 4.76. The van der Waals surface area contributed by atoms with E-state index in [4.69, 9.17) is 27.4 Å². The summed E-state index contributed by atoms with van der Waals surface area (Å²) in [6.45, 7) is 8.30. The lowest BCUT2D eigenvalue weighted by Gasteiger charge is -2.25. The molecule has 4 nitrogen and oxygen atoms in total. The van der Waals surface area contributed by atoms with Crippen molar-refractivity contribution >= 4 is 110 Å². The fraction of sp³-hybridized carbons (Fsp3) is 0.100. The van der Waals surface area contributed by atoms with Crippen molar-refractivity contribution in [3.63, 3.8) is 0 Å². The van der Waals surface area contributed by atoms with Gasteiger partial charge in [0.2, 0.25) is 0 Å². The van der Waals surface area contributed by atoms with Crippen molar-refractivity contribution in [2.75, 3.05) is 9.80 Å². The Labute approximate surface area is 400 Å². The average molecular weight is 843 g/mol. The maximum Gasteiger partial charge on any atom is 0.0645 e. The van der Waals surface area contributed by atoms with Crippen LogP contribution >= 0.6 is 0 Å². The van der Waals surface area contributed by atoms with Crippen LogP contribution in [-0.2, 0) is 0 Å². The molecule has 0 fully saturated rings. The van der Waals surface area contributed by atoms with Gasteiger partial charge in [0.15, 0.2) is 0 Å². The molecule has 0 unspecified atom stereocenters. The number of para-hydroxylation sites is 4. The lowest BCUT2D eigenvalue weighted by atomic mass is 9.96. The normalized spacial score (nSPS) is 16.7. The van der Waals surface area contributed by atoms with Crippen LogP contribution in [0.4, 0.5) is 34.1 Å². The van der Waals surface area contributed by atoms with E-state index < -0.39 is 144 Å². The zero-order valence-corrected chi connectivity index (χ0v) is 34.9. The quantitative estimate of drug-likeness (QED) is 0.151. The summed E-state index contributed by atoms with van der Waals surface area (Å²) in [5, 5.41) is 6.58. The second-order valence-corrected chi connectivity index (χ2v) is 16.8. The standard InChI is InChI=1S/C60H46N4/c1-37(2)39-29-51-47-33-45(61(41-17-9-5-10-18-41)42-19-11-6-12-20-42)25-27-55(47)63-57-36-50-54-32-40(38(3)4)30-52-48-34-46(62(43-21-13-7-14-22-43)44-23-15-8-16-24-44)26-28-56(48)64(60(52)54)58(50)35-49(57)53(31-39)59(51)63/h5-38H,1-4H3/i5D,6D,7D,8D,9D,10D,11D,12D,13D,14D,15D,16D,17D,18D,19D,20D,21D,22D,23D,24D. The molecule has 4 heteroatoms. The Hall–Kier alpha value is -7.82. The van der Waals surface area contributed by atoms with E-state index in [1.54, 1.807) is 24.3 Å². The van der Waals surface area contributed by atoms with Gasteiger partial charge in [-0.2, -0.15) is 0 Å². The lowest BCUT2D eigenvalue weighted by molar-refractivity contribution is 0.870. The number of fused-ring (bicyclic) bond motifs is 12. The van der Waals surface area contributed by atoms with E-state index >= 15 is 0 Å². The van der Waals surface area contributed by atoms with Crippen molar-refractivity contribution in [1.82, 2.24) is 8.80 Å². The molecule has 0 radical (unpaired) electrons. The van der Waals surface area contributed by atoms with Crippen molar-refractivity contribution < 1.29 is 27.4 Å². The summed E-state index contributed by atoms with van der Waals surface area (Å²) < 4.78 is 180. The molecule has 13 aromatic rings. The van der Waals surface area contributed by atoms with Crippen molar-refractivity contribution in [2.24, 2.45) is 0 Å². The molecule has 4 aromatic heterocycles. The monoisotopic (exact) mass is 842 g/mol. The third-order valence-corrected chi connectivity index (χ3v) is 12.6. The van der Waals surface area contributed by atoms with Gasteiger partial charge in [-0.25, -0.2) is 0 Å². The molecular weight excluding hydrogens is 777 g/mol. The van der Waals surface area contributed by atoms with Gasteiger partial charge in [-0.3, -0.25) is 0 Å². The molecule has 0 spiro atoms. The van der Waals surface area contributed by atoms with Gasteiger partial charge in [0.25, 0.3) is 0 Å². The van der Waals surface area contributed by atoms with E-state index in [1.807, 2.05) is 12.1 Å². The first-order valence-electron chi connectivity index (χ1n) is 31.0. The second kappa shape index (κ2) is 13.8. The highest BCUT2D eigenvalue weighted by molar-refractivity contribution is 6.29. The molecule has 4 heterocycles. The zero-order valence-electron chi connectivity index (χ0n) is 54.9. The van der Waals surface area contributed by atoms with Gasteiger partial charge in [0.1, 0.15) is 0 Å².